The van der Waals surface area contributed by atoms with Crippen LogP contribution in [0.5, 0.6) is 11.5 Å². The van der Waals surface area contributed by atoms with Crippen LogP contribution in [0.2, 0.25) is 0 Å². The zero-order valence-electron chi connectivity index (χ0n) is 19.2. The number of anilines is 3. The first kappa shape index (κ1) is 22.4. The molecule has 1 fully saturated rings. The first-order valence-electron chi connectivity index (χ1n) is 11.4. The minimum Gasteiger partial charge on any atom is -0.454 e. The van der Waals surface area contributed by atoms with E-state index in [1.54, 1.807) is 35.3 Å². The molecule has 2 N–H and O–H groups in total. The summed E-state index contributed by atoms with van der Waals surface area (Å²) in [5, 5.41) is 9.61. The van der Waals surface area contributed by atoms with Gasteiger partial charge in [-0.3, -0.25) is 9.67 Å². The Morgan fingerprint density at radius 1 is 1.03 bits per heavy atom. The van der Waals surface area contributed by atoms with Crippen molar-refractivity contribution in [1.29, 1.82) is 0 Å². The lowest BCUT2D eigenvalue weighted by Crippen LogP contribution is -2.21. The number of amides is 2. The van der Waals surface area contributed by atoms with Gasteiger partial charge in [0.1, 0.15) is 5.75 Å². The van der Waals surface area contributed by atoms with Crippen LogP contribution in [0, 0.1) is 5.82 Å². The number of carbonyl (C=O) groups excluding carboxylic acids is 1. The van der Waals surface area contributed by atoms with Gasteiger partial charge in [-0.1, -0.05) is 6.07 Å². The predicted octanol–water partition coefficient (Wildman–Crippen LogP) is 5.66. The van der Waals surface area contributed by atoms with E-state index < -0.39 is 11.8 Å². The summed E-state index contributed by atoms with van der Waals surface area (Å²) in [6, 6.07) is 14.9. The monoisotopic (exact) mass is 472 g/mol. The summed E-state index contributed by atoms with van der Waals surface area (Å²) in [4.78, 5) is 19.1. The van der Waals surface area contributed by atoms with Crippen LogP contribution in [0.15, 0.2) is 73.2 Å². The van der Waals surface area contributed by atoms with Crippen molar-refractivity contribution in [2.24, 2.45) is 7.05 Å². The molecule has 2 aromatic carbocycles. The van der Waals surface area contributed by atoms with Crippen LogP contribution in [0.1, 0.15) is 12.8 Å². The Morgan fingerprint density at radius 3 is 2.57 bits per heavy atom. The second-order valence-corrected chi connectivity index (χ2v) is 8.35. The Hall–Kier alpha value is -4.40. The van der Waals surface area contributed by atoms with Gasteiger partial charge in [-0.2, -0.15) is 5.10 Å². The number of aryl methyl sites for hydroxylation is 1. The first-order chi connectivity index (χ1) is 17.0. The van der Waals surface area contributed by atoms with Gasteiger partial charge in [0, 0.05) is 67.3 Å². The summed E-state index contributed by atoms with van der Waals surface area (Å²) in [7, 11) is 1.82. The minimum atomic E-state index is -0.599. The molecule has 178 valence electrons. The van der Waals surface area contributed by atoms with E-state index in [1.807, 2.05) is 37.5 Å². The highest BCUT2D eigenvalue weighted by Gasteiger charge is 2.14. The molecule has 0 bridgehead atoms. The molecule has 5 rings (SSSR count). The van der Waals surface area contributed by atoms with Gasteiger partial charge in [0.25, 0.3) is 0 Å². The van der Waals surface area contributed by atoms with Gasteiger partial charge in [0.15, 0.2) is 11.6 Å². The zero-order chi connectivity index (χ0) is 24.2. The predicted molar refractivity (Wildman–Crippen MR) is 133 cm³/mol. The molecule has 0 radical (unpaired) electrons. The third kappa shape index (κ3) is 5.40. The number of urea groups is 1. The molecule has 1 saturated heterocycles. The van der Waals surface area contributed by atoms with Gasteiger partial charge in [-0.05, 0) is 49.2 Å². The topological polar surface area (TPSA) is 84.3 Å². The number of hydrogen-bond donors (Lipinski definition) is 2. The average Bonchev–Trinajstić information content (AvgIpc) is 3.53. The molecule has 2 aromatic heterocycles. The third-order valence-corrected chi connectivity index (χ3v) is 5.72. The molecule has 9 heteroatoms. The van der Waals surface area contributed by atoms with E-state index >= 15 is 0 Å². The molecule has 0 spiro atoms. The highest BCUT2D eigenvalue weighted by Crippen LogP contribution is 2.29. The maximum absolute atomic E-state index is 14.7. The van der Waals surface area contributed by atoms with Gasteiger partial charge >= 0.3 is 6.03 Å². The number of carbonyl (C=O) groups is 1. The lowest BCUT2D eigenvalue weighted by molar-refractivity contribution is 0.262. The van der Waals surface area contributed by atoms with Crippen LogP contribution in [-0.4, -0.2) is 33.9 Å². The number of nitrogens with zero attached hydrogens (tertiary/aromatic N) is 4. The molecule has 8 nitrogen and oxygen atoms in total. The van der Waals surface area contributed by atoms with Crippen molar-refractivity contribution >= 4 is 23.1 Å². The highest BCUT2D eigenvalue weighted by molar-refractivity contribution is 6.00. The Morgan fingerprint density at radius 2 is 1.83 bits per heavy atom. The third-order valence-electron chi connectivity index (χ3n) is 5.72. The fourth-order valence-corrected chi connectivity index (χ4v) is 4.02. The molecule has 35 heavy (non-hydrogen) atoms. The maximum Gasteiger partial charge on any atom is 0.323 e. The largest absolute Gasteiger partial charge is 0.454 e. The number of rotatable bonds is 6. The van der Waals surface area contributed by atoms with Crippen LogP contribution in [0.4, 0.5) is 26.2 Å². The Labute approximate surface area is 202 Å². The molecule has 3 heterocycles. The van der Waals surface area contributed by atoms with Crippen LogP contribution >= 0.6 is 0 Å². The van der Waals surface area contributed by atoms with E-state index in [4.69, 9.17) is 4.74 Å². The van der Waals surface area contributed by atoms with E-state index in [0.717, 1.165) is 24.3 Å². The molecule has 1 aliphatic heterocycles. The number of hydrogen-bond acceptors (Lipinski definition) is 5. The normalized spacial score (nSPS) is 13.0. The SMILES string of the molecule is Cn1cc(-c2cc(Oc3ccc(NC(=O)Nc4cccc(N5CCCC5)c4)cc3F)ccn2)cn1. The minimum absolute atomic E-state index is 0.0395. The lowest BCUT2D eigenvalue weighted by atomic mass is 10.2. The van der Waals surface area contributed by atoms with Crippen molar-refractivity contribution in [2.45, 2.75) is 12.8 Å². The molecule has 0 unspecified atom stereocenters. The van der Waals surface area contributed by atoms with Crippen molar-refractivity contribution in [1.82, 2.24) is 14.8 Å². The Bertz CT molecular complexity index is 1350. The molecule has 4 aromatic rings. The summed E-state index contributed by atoms with van der Waals surface area (Å²) in [6.07, 6.45) is 7.47. The smallest absolute Gasteiger partial charge is 0.323 e. The van der Waals surface area contributed by atoms with E-state index in [2.05, 4.69) is 25.6 Å². The average molecular weight is 473 g/mol. The molecular formula is C26H25FN6O2. The van der Waals surface area contributed by atoms with E-state index in [1.165, 1.54) is 25.0 Å². The van der Waals surface area contributed by atoms with Crippen LogP contribution in [-0.2, 0) is 7.05 Å². The van der Waals surface area contributed by atoms with E-state index in [0.29, 0.717) is 22.8 Å². The van der Waals surface area contributed by atoms with Crippen molar-refractivity contribution in [3.05, 3.63) is 79.0 Å². The summed E-state index contributed by atoms with van der Waals surface area (Å²) in [6.45, 7) is 2.04. The van der Waals surface area contributed by atoms with Crippen LogP contribution in [0.25, 0.3) is 11.3 Å². The van der Waals surface area contributed by atoms with E-state index in [-0.39, 0.29) is 5.75 Å². The fraction of sp³-hybridized carbons (Fsp3) is 0.192. The number of benzene rings is 2. The van der Waals surface area contributed by atoms with Gasteiger partial charge in [0.05, 0.1) is 11.9 Å². The molecule has 0 aliphatic carbocycles. The molecular weight excluding hydrogens is 447 g/mol. The Kier molecular flexibility index (Phi) is 6.30. The van der Waals surface area contributed by atoms with Crippen LogP contribution in [0.3, 0.4) is 0 Å². The van der Waals surface area contributed by atoms with Crippen molar-refractivity contribution in [2.75, 3.05) is 28.6 Å². The summed E-state index contributed by atoms with van der Waals surface area (Å²) in [5.74, 6) is -0.120. The lowest BCUT2D eigenvalue weighted by Gasteiger charge is -2.18. The number of nitrogens with one attached hydrogen (secondary N) is 2. The molecule has 2 amide bonds. The molecule has 0 atom stereocenters. The van der Waals surface area contributed by atoms with Crippen LogP contribution < -0.4 is 20.3 Å². The number of ether oxygens (including phenoxy) is 1. The first-order valence-corrected chi connectivity index (χ1v) is 11.4. The summed E-state index contributed by atoms with van der Waals surface area (Å²) < 4.78 is 22.1. The van der Waals surface area contributed by atoms with Crippen molar-refractivity contribution in [3.8, 4) is 22.8 Å². The zero-order valence-corrected chi connectivity index (χ0v) is 19.2. The standard InChI is InChI=1S/C26H25FN6O2/c1-32-17-18(16-29-32)24-15-22(9-10-28-24)35-25-8-7-20(14-23(25)27)31-26(34)30-19-5-4-6-21(13-19)33-11-2-3-12-33/h4-10,13-17H,2-3,11-12H2,1H3,(H2,30,31,34). The second-order valence-electron chi connectivity index (χ2n) is 8.35. The van der Waals surface area contributed by atoms with Gasteiger partial charge in [-0.25, -0.2) is 9.18 Å². The summed E-state index contributed by atoms with van der Waals surface area (Å²) >= 11 is 0. The summed E-state index contributed by atoms with van der Waals surface area (Å²) in [5.41, 5.74) is 3.56. The fourth-order valence-electron chi connectivity index (χ4n) is 4.02. The number of pyridine rings is 1. The number of halogens is 1. The van der Waals surface area contributed by atoms with Crippen molar-refractivity contribution < 1.29 is 13.9 Å². The molecule has 0 saturated carbocycles. The number of aromatic nitrogens is 3. The van der Waals surface area contributed by atoms with Gasteiger partial charge in [0.2, 0.25) is 0 Å². The second kappa shape index (κ2) is 9.84. The van der Waals surface area contributed by atoms with Gasteiger partial charge in [-0.15, -0.1) is 0 Å². The Balaban J connectivity index is 1.22. The quantitative estimate of drug-likeness (QED) is 0.378. The van der Waals surface area contributed by atoms with Crippen molar-refractivity contribution in [3.63, 3.8) is 0 Å². The van der Waals surface area contributed by atoms with Gasteiger partial charge < -0.3 is 20.3 Å². The maximum atomic E-state index is 14.7. The molecule has 1 aliphatic rings. The van der Waals surface area contributed by atoms with E-state index in [9.17, 15) is 9.18 Å². The highest BCUT2D eigenvalue weighted by atomic mass is 19.1.